The van der Waals surface area contributed by atoms with Crippen LogP contribution in [-0.2, 0) is 6.54 Å². The van der Waals surface area contributed by atoms with Gasteiger partial charge in [0.05, 0.1) is 20.8 Å². The standard InChI is InChI=1S/C21H27NO4/c1-24-18-6-3-7-19(12-18)26-15-17-5-4-10-22(14-17)13-16-8-9-20(23)21(11-16)25-2/h3,6-9,11-12,17,23H,4-5,10,13-15H2,1-2H3. The van der Waals surface area contributed by atoms with Crippen LogP contribution >= 0.6 is 0 Å². The Morgan fingerprint density at radius 1 is 1.08 bits per heavy atom. The van der Waals surface area contributed by atoms with E-state index in [9.17, 15) is 5.11 Å². The van der Waals surface area contributed by atoms with E-state index in [0.29, 0.717) is 18.3 Å². The molecule has 3 rings (SSSR count). The second-order valence-electron chi connectivity index (χ2n) is 6.74. The summed E-state index contributed by atoms with van der Waals surface area (Å²) in [6.07, 6.45) is 2.35. The van der Waals surface area contributed by atoms with E-state index in [1.807, 2.05) is 36.4 Å². The van der Waals surface area contributed by atoms with Crippen LogP contribution in [0.5, 0.6) is 23.0 Å². The van der Waals surface area contributed by atoms with Crippen molar-refractivity contribution in [1.29, 1.82) is 0 Å². The molecule has 2 aromatic rings. The van der Waals surface area contributed by atoms with E-state index in [1.165, 1.54) is 12.8 Å². The molecular formula is C21H27NO4. The van der Waals surface area contributed by atoms with Crippen LogP contribution in [-0.4, -0.2) is 43.9 Å². The van der Waals surface area contributed by atoms with Gasteiger partial charge >= 0.3 is 0 Å². The lowest BCUT2D eigenvalue weighted by Crippen LogP contribution is -2.37. The summed E-state index contributed by atoms with van der Waals surface area (Å²) in [5.41, 5.74) is 1.15. The minimum absolute atomic E-state index is 0.180. The van der Waals surface area contributed by atoms with Gasteiger partial charge in [0, 0.05) is 25.1 Å². The summed E-state index contributed by atoms with van der Waals surface area (Å²) in [4.78, 5) is 2.44. The molecule has 2 aromatic carbocycles. The molecule has 1 aliphatic rings. The zero-order chi connectivity index (χ0) is 18.4. The topological polar surface area (TPSA) is 51.2 Å². The molecule has 0 aromatic heterocycles. The monoisotopic (exact) mass is 357 g/mol. The zero-order valence-corrected chi connectivity index (χ0v) is 15.5. The highest BCUT2D eigenvalue weighted by Gasteiger charge is 2.21. The molecule has 1 heterocycles. The average molecular weight is 357 g/mol. The van der Waals surface area contributed by atoms with E-state index >= 15 is 0 Å². The van der Waals surface area contributed by atoms with Crippen molar-refractivity contribution in [1.82, 2.24) is 4.90 Å². The maximum atomic E-state index is 9.73. The van der Waals surface area contributed by atoms with Crippen molar-refractivity contribution < 1.29 is 19.3 Å². The van der Waals surface area contributed by atoms with Crippen LogP contribution in [0.3, 0.4) is 0 Å². The first kappa shape index (κ1) is 18.4. The molecular weight excluding hydrogens is 330 g/mol. The van der Waals surface area contributed by atoms with Gasteiger partial charge in [0.1, 0.15) is 11.5 Å². The molecule has 0 spiro atoms. The first-order valence-electron chi connectivity index (χ1n) is 9.03. The van der Waals surface area contributed by atoms with Crippen LogP contribution < -0.4 is 14.2 Å². The molecule has 1 saturated heterocycles. The third kappa shape index (κ3) is 4.82. The zero-order valence-electron chi connectivity index (χ0n) is 15.5. The van der Waals surface area contributed by atoms with Crippen molar-refractivity contribution in [2.75, 3.05) is 33.9 Å². The van der Waals surface area contributed by atoms with Gasteiger partial charge in [-0.15, -0.1) is 0 Å². The molecule has 26 heavy (non-hydrogen) atoms. The molecule has 0 amide bonds. The second-order valence-corrected chi connectivity index (χ2v) is 6.74. The minimum Gasteiger partial charge on any atom is -0.504 e. The Hall–Kier alpha value is -2.40. The van der Waals surface area contributed by atoms with Gasteiger partial charge in [-0.3, -0.25) is 4.90 Å². The molecule has 5 nitrogen and oxygen atoms in total. The molecule has 140 valence electrons. The molecule has 0 radical (unpaired) electrons. The van der Waals surface area contributed by atoms with Gasteiger partial charge in [0.25, 0.3) is 0 Å². The molecule has 0 saturated carbocycles. The highest BCUT2D eigenvalue weighted by molar-refractivity contribution is 5.41. The molecule has 1 N–H and O–H groups in total. The third-order valence-electron chi connectivity index (χ3n) is 4.78. The quantitative estimate of drug-likeness (QED) is 0.819. The average Bonchev–Trinajstić information content (AvgIpc) is 2.68. The number of likely N-dealkylation sites (tertiary alicyclic amines) is 1. The Kier molecular flexibility index (Phi) is 6.23. The largest absolute Gasteiger partial charge is 0.504 e. The Morgan fingerprint density at radius 3 is 2.73 bits per heavy atom. The summed E-state index contributed by atoms with van der Waals surface area (Å²) in [7, 11) is 3.24. The maximum absolute atomic E-state index is 9.73. The number of hydrogen-bond acceptors (Lipinski definition) is 5. The van der Waals surface area contributed by atoms with E-state index in [-0.39, 0.29) is 5.75 Å². The summed E-state index contributed by atoms with van der Waals surface area (Å²) in [6.45, 7) is 3.65. The van der Waals surface area contributed by atoms with Crippen LogP contribution in [0.1, 0.15) is 18.4 Å². The minimum atomic E-state index is 0.180. The number of aromatic hydroxyl groups is 1. The van der Waals surface area contributed by atoms with E-state index in [4.69, 9.17) is 14.2 Å². The third-order valence-corrected chi connectivity index (χ3v) is 4.78. The second kappa shape index (κ2) is 8.81. The fourth-order valence-electron chi connectivity index (χ4n) is 3.41. The van der Waals surface area contributed by atoms with E-state index in [2.05, 4.69) is 4.90 Å². The van der Waals surface area contributed by atoms with Crippen molar-refractivity contribution in [3.8, 4) is 23.0 Å². The molecule has 1 fully saturated rings. The fraction of sp³-hybridized carbons (Fsp3) is 0.429. The van der Waals surface area contributed by atoms with Crippen molar-refractivity contribution in [2.24, 2.45) is 5.92 Å². The van der Waals surface area contributed by atoms with Gasteiger partial charge in [-0.05, 0) is 49.2 Å². The number of phenolic OH excluding ortho intramolecular Hbond substituents is 1. The fourth-order valence-corrected chi connectivity index (χ4v) is 3.41. The predicted octanol–water partition coefficient (Wildman–Crippen LogP) is 3.70. The maximum Gasteiger partial charge on any atom is 0.160 e. The van der Waals surface area contributed by atoms with Crippen LogP contribution in [0.4, 0.5) is 0 Å². The van der Waals surface area contributed by atoms with Gasteiger partial charge in [-0.2, -0.15) is 0 Å². The van der Waals surface area contributed by atoms with Crippen LogP contribution in [0.15, 0.2) is 42.5 Å². The summed E-state index contributed by atoms with van der Waals surface area (Å²) >= 11 is 0. The van der Waals surface area contributed by atoms with Gasteiger partial charge in [-0.1, -0.05) is 12.1 Å². The molecule has 0 bridgehead atoms. The number of phenols is 1. The highest BCUT2D eigenvalue weighted by atomic mass is 16.5. The Labute approximate surface area is 155 Å². The number of rotatable bonds is 7. The molecule has 1 atom stereocenters. The Bertz CT molecular complexity index is 719. The highest BCUT2D eigenvalue weighted by Crippen LogP contribution is 2.28. The van der Waals surface area contributed by atoms with Crippen molar-refractivity contribution >= 4 is 0 Å². The molecule has 1 aliphatic heterocycles. The summed E-state index contributed by atoms with van der Waals surface area (Å²) in [5.74, 6) is 2.88. The van der Waals surface area contributed by atoms with Crippen molar-refractivity contribution in [2.45, 2.75) is 19.4 Å². The number of hydrogen-bond donors (Lipinski definition) is 1. The van der Waals surface area contributed by atoms with Gasteiger partial charge in [0.2, 0.25) is 0 Å². The SMILES string of the molecule is COc1cccc(OCC2CCCN(Cc3ccc(O)c(OC)c3)C2)c1. The number of benzene rings is 2. The lowest BCUT2D eigenvalue weighted by molar-refractivity contribution is 0.125. The lowest BCUT2D eigenvalue weighted by atomic mass is 9.98. The first-order chi connectivity index (χ1) is 12.7. The van der Waals surface area contributed by atoms with E-state index in [1.54, 1.807) is 20.3 Å². The van der Waals surface area contributed by atoms with E-state index in [0.717, 1.165) is 36.7 Å². The summed E-state index contributed by atoms with van der Waals surface area (Å²) in [6, 6.07) is 13.3. The number of methoxy groups -OCH3 is 2. The lowest BCUT2D eigenvalue weighted by Gasteiger charge is -2.32. The number of ether oxygens (including phenoxy) is 3. The predicted molar refractivity (Wildman–Crippen MR) is 101 cm³/mol. The Morgan fingerprint density at radius 2 is 1.92 bits per heavy atom. The van der Waals surface area contributed by atoms with E-state index < -0.39 is 0 Å². The van der Waals surface area contributed by atoms with Gasteiger partial charge in [-0.25, -0.2) is 0 Å². The molecule has 5 heteroatoms. The number of nitrogens with zero attached hydrogens (tertiary/aromatic N) is 1. The van der Waals surface area contributed by atoms with Crippen LogP contribution in [0.2, 0.25) is 0 Å². The molecule has 0 aliphatic carbocycles. The van der Waals surface area contributed by atoms with Crippen molar-refractivity contribution in [3.63, 3.8) is 0 Å². The summed E-state index contributed by atoms with van der Waals surface area (Å²) < 4.78 is 16.4. The van der Waals surface area contributed by atoms with Crippen molar-refractivity contribution in [3.05, 3.63) is 48.0 Å². The van der Waals surface area contributed by atoms with Gasteiger partial charge < -0.3 is 19.3 Å². The smallest absolute Gasteiger partial charge is 0.160 e. The van der Waals surface area contributed by atoms with Crippen LogP contribution in [0.25, 0.3) is 0 Å². The summed E-state index contributed by atoms with van der Waals surface area (Å²) in [5, 5.41) is 9.73. The Balaban J connectivity index is 1.53. The first-order valence-corrected chi connectivity index (χ1v) is 9.03. The normalized spacial score (nSPS) is 17.7. The van der Waals surface area contributed by atoms with Crippen LogP contribution in [0, 0.1) is 5.92 Å². The molecule has 1 unspecified atom stereocenters. The van der Waals surface area contributed by atoms with Gasteiger partial charge in [0.15, 0.2) is 11.5 Å². The number of piperidine rings is 1.